The molecule has 1 aliphatic heterocycles. The minimum atomic E-state index is -3.45. The molecule has 1 saturated heterocycles. The van der Waals surface area contributed by atoms with E-state index in [1.165, 1.54) is 4.68 Å². The molecule has 0 aromatic carbocycles. The Morgan fingerprint density at radius 2 is 2.21 bits per heavy atom. The van der Waals surface area contributed by atoms with E-state index in [1.54, 1.807) is 4.90 Å². The fraction of sp³-hybridized carbons (Fsp3) is 0.727. The average molecular weight is 288 g/mol. The molecule has 3 N–H and O–H groups in total. The van der Waals surface area contributed by atoms with Crippen LogP contribution in [0.4, 0.5) is 11.6 Å². The molecule has 1 fully saturated rings. The van der Waals surface area contributed by atoms with Crippen molar-refractivity contribution in [3.8, 4) is 0 Å². The lowest BCUT2D eigenvalue weighted by molar-refractivity contribution is 0.153. The fourth-order valence-corrected chi connectivity index (χ4v) is 3.38. The minimum absolute atomic E-state index is 0.0726. The van der Waals surface area contributed by atoms with Crippen molar-refractivity contribution in [1.29, 1.82) is 0 Å². The zero-order valence-corrected chi connectivity index (χ0v) is 12.0. The van der Waals surface area contributed by atoms with Crippen LogP contribution in [-0.2, 0) is 16.4 Å². The summed E-state index contributed by atoms with van der Waals surface area (Å²) >= 11 is 0. The molecule has 0 saturated carbocycles. The topological polar surface area (TPSA) is 101 Å². The second kappa shape index (κ2) is 5.01. The van der Waals surface area contributed by atoms with Crippen molar-refractivity contribution in [2.45, 2.75) is 37.3 Å². The van der Waals surface area contributed by atoms with Crippen LogP contribution < -0.4 is 10.6 Å². The summed E-state index contributed by atoms with van der Waals surface area (Å²) in [5.41, 5.74) is 5.87. The first-order valence-electron chi connectivity index (χ1n) is 6.34. The third-order valence-corrected chi connectivity index (χ3v) is 4.43. The predicted molar refractivity (Wildman–Crippen MR) is 72.9 cm³/mol. The van der Waals surface area contributed by atoms with Gasteiger partial charge in [0.25, 0.3) is 0 Å². The van der Waals surface area contributed by atoms with Gasteiger partial charge in [0.15, 0.2) is 20.6 Å². The maximum Gasteiger partial charge on any atom is 0.182 e. The molecule has 7 nitrogen and oxygen atoms in total. The summed E-state index contributed by atoms with van der Waals surface area (Å²) < 4.78 is 25.3. The highest BCUT2D eigenvalue weighted by Gasteiger charge is 2.29. The van der Waals surface area contributed by atoms with E-state index >= 15 is 0 Å². The molecule has 0 radical (unpaired) electrons. The zero-order valence-electron chi connectivity index (χ0n) is 11.2. The standard InChI is InChI=1S/C11H20N4O3S/c1-3-15-10(12)9(19(2,17)18)11(13-15)14-6-4-5-8(16)7-14/h8,16H,3-7,12H2,1-2H3. The van der Waals surface area contributed by atoms with Crippen molar-refractivity contribution < 1.29 is 13.5 Å². The number of piperidine rings is 1. The van der Waals surface area contributed by atoms with E-state index in [0.29, 0.717) is 25.5 Å². The maximum atomic E-state index is 11.9. The van der Waals surface area contributed by atoms with Gasteiger partial charge < -0.3 is 15.7 Å². The van der Waals surface area contributed by atoms with Crippen LogP contribution in [0.25, 0.3) is 0 Å². The SMILES string of the molecule is CCn1nc(N2CCCC(O)C2)c(S(C)(=O)=O)c1N. The number of sulfone groups is 1. The number of aromatic nitrogens is 2. The first-order chi connectivity index (χ1) is 8.84. The molecule has 1 aromatic rings. The molecule has 0 aliphatic carbocycles. The van der Waals surface area contributed by atoms with Crippen molar-refractivity contribution in [2.24, 2.45) is 0 Å². The smallest absolute Gasteiger partial charge is 0.182 e. The lowest BCUT2D eigenvalue weighted by Crippen LogP contribution is -2.39. The molecule has 0 spiro atoms. The number of nitrogen functional groups attached to an aromatic ring is 1. The molecule has 0 amide bonds. The van der Waals surface area contributed by atoms with Crippen LogP contribution in [0.2, 0.25) is 0 Å². The van der Waals surface area contributed by atoms with Gasteiger partial charge >= 0.3 is 0 Å². The summed E-state index contributed by atoms with van der Waals surface area (Å²) in [5.74, 6) is 0.528. The number of nitrogens with two attached hydrogens (primary N) is 1. The van der Waals surface area contributed by atoms with Crippen molar-refractivity contribution >= 4 is 21.5 Å². The number of anilines is 2. The van der Waals surface area contributed by atoms with E-state index in [4.69, 9.17) is 5.73 Å². The van der Waals surface area contributed by atoms with E-state index in [9.17, 15) is 13.5 Å². The van der Waals surface area contributed by atoms with E-state index in [2.05, 4.69) is 5.10 Å². The monoisotopic (exact) mass is 288 g/mol. The van der Waals surface area contributed by atoms with Crippen molar-refractivity contribution in [1.82, 2.24) is 9.78 Å². The Balaban J connectivity index is 2.50. The van der Waals surface area contributed by atoms with Gasteiger partial charge in [0.05, 0.1) is 6.10 Å². The molecular formula is C11H20N4O3S. The molecule has 8 heteroatoms. The number of aliphatic hydroxyl groups is 1. The van der Waals surface area contributed by atoms with E-state index < -0.39 is 15.9 Å². The number of hydrogen-bond donors (Lipinski definition) is 2. The molecular weight excluding hydrogens is 268 g/mol. The number of hydrogen-bond acceptors (Lipinski definition) is 6. The second-order valence-corrected chi connectivity index (χ2v) is 6.82. The van der Waals surface area contributed by atoms with E-state index in [1.807, 2.05) is 6.92 Å². The number of rotatable bonds is 3. The normalized spacial score (nSPS) is 20.8. The third-order valence-electron chi connectivity index (χ3n) is 3.30. The van der Waals surface area contributed by atoms with Gasteiger partial charge in [0.2, 0.25) is 0 Å². The average Bonchev–Trinajstić information content (AvgIpc) is 2.66. The Labute approximate surface area is 112 Å². The van der Waals surface area contributed by atoms with Crippen molar-refractivity contribution in [3.63, 3.8) is 0 Å². The Kier molecular flexibility index (Phi) is 3.73. The second-order valence-electron chi connectivity index (χ2n) is 4.87. The quantitative estimate of drug-likeness (QED) is 0.802. The van der Waals surface area contributed by atoms with Crippen LogP contribution in [0.5, 0.6) is 0 Å². The van der Waals surface area contributed by atoms with Crippen LogP contribution in [0.15, 0.2) is 4.90 Å². The predicted octanol–water partition coefficient (Wildman–Crippen LogP) is -0.150. The summed E-state index contributed by atoms with van der Waals surface area (Å²) in [4.78, 5) is 1.87. The summed E-state index contributed by atoms with van der Waals surface area (Å²) in [6.45, 7) is 3.43. The molecule has 2 heterocycles. The van der Waals surface area contributed by atoms with Gasteiger partial charge in [-0.25, -0.2) is 13.1 Å². The third kappa shape index (κ3) is 2.69. The summed E-state index contributed by atoms with van der Waals surface area (Å²) in [6, 6.07) is 0. The molecule has 19 heavy (non-hydrogen) atoms. The van der Waals surface area contributed by atoms with Crippen molar-refractivity contribution in [3.05, 3.63) is 0 Å². The lowest BCUT2D eigenvalue weighted by Gasteiger charge is -2.30. The number of nitrogens with zero attached hydrogens (tertiary/aromatic N) is 3. The summed E-state index contributed by atoms with van der Waals surface area (Å²) in [5, 5.41) is 14.0. The Morgan fingerprint density at radius 1 is 1.53 bits per heavy atom. The molecule has 1 aromatic heterocycles. The maximum absolute atomic E-state index is 11.9. The highest BCUT2D eigenvalue weighted by Crippen LogP contribution is 2.31. The van der Waals surface area contributed by atoms with Gasteiger partial charge in [-0.1, -0.05) is 0 Å². The molecule has 1 unspecified atom stereocenters. The number of β-amino-alcohol motifs (C(OH)–C–C–N with tert-alkyl or cyclic N) is 1. The molecule has 2 rings (SSSR count). The minimum Gasteiger partial charge on any atom is -0.391 e. The Hall–Kier alpha value is -1.28. The lowest BCUT2D eigenvalue weighted by atomic mass is 10.1. The molecule has 108 valence electrons. The molecule has 1 aliphatic rings. The summed E-state index contributed by atoms with van der Waals surface area (Å²) in [7, 11) is -3.45. The first-order valence-corrected chi connectivity index (χ1v) is 8.23. The fourth-order valence-electron chi connectivity index (χ4n) is 2.40. The molecule has 0 bridgehead atoms. The Bertz CT molecular complexity index is 567. The van der Waals surface area contributed by atoms with Crippen LogP contribution in [0.3, 0.4) is 0 Å². The largest absolute Gasteiger partial charge is 0.391 e. The number of aliphatic hydroxyl groups excluding tert-OH is 1. The number of aryl methyl sites for hydroxylation is 1. The zero-order chi connectivity index (χ0) is 14.2. The summed E-state index contributed by atoms with van der Waals surface area (Å²) in [6.07, 6.45) is 2.22. The Morgan fingerprint density at radius 3 is 2.74 bits per heavy atom. The van der Waals surface area contributed by atoms with Gasteiger partial charge in [-0.3, -0.25) is 0 Å². The van der Waals surface area contributed by atoms with Crippen molar-refractivity contribution in [2.75, 3.05) is 30.0 Å². The van der Waals surface area contributed by atoms with Gasteiger partial charge in [-0.2, -0.15) is 5.10 Å². The highest BCUT2D eigenvalue weighted by atomic mass is 32.2. The van der Waals surface area contributed by atoms with Crippen LogP contribution >= 0.6 is 0 Å². The van der Waals surface area contributed by atoms with Crippen LogP contribution in [-0.4, -0.2) is 48.8 Å². The first kappa shape index (κ1) is 14.1. The van der Waals surface area contributed by atoms with Gasteiger partial charge in [-0.15, -0.1) is 0 Å². The highest BCUT2D eigenvalue weighted by molar-refractivity contribution is 7.91. The van der Waals surface area contributed by atoms with Gasteiger partial charge in [0.1, 0.15) is 5.82 Å². The van der Waals surface area contributed by atoms with E-state index in [0.717, 1.165) is 19.1 Å². The van der Waals surface area contributed by atoms with Crippen LogP contribution in [0.1, 0.15) is 19.8 Å². The molecule has 1 atom stereocenters. The van der Waals surface area contributed by atoms with E-state index in [-0.39, 0.29) is 10.7 Å². The van der Waals surface area contributed by atoms with Gasteiger partial charge in [-0.05, 0) is 19.8 Å². The van der Waals surface area contributed by atoms with Crippen LogP contribution in [0, 0.1) is 0 Å². The van der Waals surface area contributed by atoms with Gasteiger partial charge in [0, 0.05) is 25.9 Å².